The van der Waals surface area contributed by atoms with Gasteiger partial charge in [-0.3, -0.25) is 0 Å². The SMILES string of the molecule is CCCCCCCCCC1CCC(NCCC)C1. The molecule has 0 aromatic rings. The average Bonchev–Trinajstić information content (AvgIpc) is 2.83. The van der Waals surface area contributed by atoms with E-state index in [1.54, 1.807) is 0 Å². The zero-order chi connectivity index (χ0) is 13.1. The predicted molar refractivity (Wildman–Crippen MR) is 82.0 cm³/mol. The molecule has 0 aromatic heterocycles. The van der Waals surface area contributed by atoms with Crippen molar-refractivity contribution in [2.24, 2.45) is 5.92 Å². The van der Waals surface area contributed by atoms with Crippen molar-refractivity contribution < 1.29 is 0 Å². The maximum absolute atomic E-state index is 3.69. The highest BCUT2D eigenvalue weighted by Gasteiger charge is 2.23. The molecule has 0 bridgehead atoms. The van der Waals surface area contributed by atoms with Gasteiger partial charge >= 0.3 is 0 Å². The van der Waals surface area contributed by atoms with Crippen LogP contribution < -0.4 is 5.32 Å². The molecule has 2 atom stereocenters. The highest BCUT2D eigenvalue weighted by molar-refractivity contribution is 4.80. The lowest BCUT2D eigenvalue weighted by Crippen LogP contribution is -2.26. The summed E-state index contributed by atoms with van der Waals surface area (Å²) in [4.78, 5) is 0. The number of nitrogens with one attached hydrogen (secondary N) is 1. The van der Waals surface area contributed by atoms with Crippen molar-refractivity contribution >= 4 is 0 Å². The smallest absolute Gasteiger partial charge is 0.00698 e. The fourth-order valence-corrected chi connectivity index (χ4v) is 3.26. The standard InChI is InChI=1S/C17H35N/c1-3-5-6-7-8-9-10-11-16-12-13-17(15-16)18-14-4-2/h16-18H,3-15H2,1-2H3. The van der Waals surface area contributed by atoms with Crippen molar-refractivity contribution in [2.75, 3.05) is 6.54 Å². The van der Waals surface area contributed by atoms with Gasteiger partial charge in [0.05, 0.1) is 0 Å². The Morgan fingerprint density at radius 2 is 1.56 bits per heavy atom. The van der Waals surface area contributed by atoms with Gasteiger partial charge in [-0.05, 0) is 38.1 Å². The molecule has 1 nitrogen and oxygen atoms in total. The van der Waals surface area contributed by atoms with E-state index in [1.165, 1.54) is 83.6 Å². The van der Waals surface area contributed by atoms with E-state index in [9.17, 15) is 0 Å². The molecular weight excluding hydrogens is 218 g/mol. The number of unbranched alkanes of at least 4 members (excludes halogenated alkanes) is 6. The molecule has 0 radical (unpaired) electrons. The van der Waals surface area contributed by atoms with Crippen LogP contribution in [0.25, 0.3) is 0 Å². The monoisotopic (exact) mass is 253 g/mol. The molecule has 1 aliphatic carbocycles. The Kier molecular flexibility index (Phi) is 9.65. The summed E-state index contributed by atoms with van der Waals surface area (Å²) in [5, 5.41) is 3.69. The van der Waals surface area contributed by atoms with Crippen LogP contribution in [0.15, 0.2) is 0 Å². The molecule has 0 aliphatic heterocycles. The van der Waals surface area contributed by atoms with E-state index in [0.717, 1.165) is 12.0 Å². The van der Waals surface area contributed by atoms with Gasteiger partial charge in [-0.25, -0.2) is 0 Å². The molecule has 1 N–H and O–H groups in total. The van der Waals surface area contributed by atoms with Gasteiger partial charge in [0.15, 0.2) is 0 Å². The molecule has 0 aromatic carbocycles. The average molecular weight is 253 g/mol. The summed E-state index contributed by atoms with van der Waals surface area (Å²) >= 11 is 0. The van der Waals surface area contributed by atoms with Crippen LogP contribution in [0.4, 0.5) is 0 Å². The molecule has 108 valence electrons. The van der Waals surface area contributed by atoms with Crippen LogP contribution >= 0.6 is 0 Å². The van der Waals surface area contributed by atoms with Crippen molar-refractivity contribution in [3.05, 3.63) is 0 Å². The molecule has 0 spiro atoms. The Hall–Kier alpha value is -0.0400. The van der Waals surface area contributed by atoms with E-state index in [4.69, 9.17) is 0 Å². The molecule has 1 aliphatic rings. The van der Waals surface area contributed by atoms with Crippen LogP contribution in [0, 0.1) is 5.92 Å². The molecule has 18 heavy (non-hydrogen) atoms. The molecule has 0 amide bonds. The minimum Gasteiger partial charge on any atom is -0.314 e. The molecule has 1 rings (SSSR count). The van der Waals surface area contributed by atoms with Gasteiger partial charge in [0.1, 0.15) is 0 Å². The fraction of sp³-hybridized carbons (Fsp3) is 1.00. The van der Waals surface area contributed by atoms with Crippen LogP contribution in [-0.4, -0.2) is 12.6 Å². The van der Waals surface area contributed by atoms with Gasteiger partial charge in [-0.1, -0.05) is 65.2 Å². The fourth-order valence-electron chi connectivity index (χ4n) is 3.26. The highest BCUT2D eigenvalue weighted by Crippen LogP contribution is 2.30. The summed E-state index contributed by atoms with van der Waals surface area (Å²) < 4.78 is 0. The topological polar surface area (TPSA) is 12.0 Å². The second-order valence-electron chi connectivity index (χ2n) is 6.24. The second kappa shape index (κ2) is 10.8. The quantitative estimate of drug-likeness (QED) is 0.493. The van der Waals surface area contributed by atoms with Crippen LogP contribution in [-0.2, 0) is 0 Å². The third-order valence-corrected chi connectivity index (χ3v) is 4.44. The number of hydrogen-bond donors (Lipinski definition) is 1. The minimum absolute atomic E-state index is 0.847. The van der Waals surface area contributed by atoms with E-state index in [-0.39, 0.29) is 0 Å². The van der Waals surface area contributed by atoms with E-state index in [1.807, 2.05) is 0 Å². The van der Waals surface area contributed by atoms with Gasteiger partial charge in [0.25, 0.3) is 0 Å². The second-order valence-corrected chi connectivity index (χ2v) is 6.24. The summed E-state index contributed by atoms with van der Waals surface area (Å²) in [7, 11) is 0. The Bertz CT molecular complexity index is 178. The zero-order valence-electron chi connectivity index (χ0n) is 12.8. The first-order chi connectivity index (χ1) is 8.86. The van der Waals surface area contributed by atoms with Gasteiger partial charge in [0, 0.05) is 6.04 Å². The van der Waals surface area contributed by atoms with Crippen LogP contribution in [0.1, 0.15) is 90.9 Å². The molecule has 0 saturated heterocycles. The molecular formula is C17H35N. The third kappa shape index (κ3) is 7.41. The summed E-state index contributed by atoms with van der Waals surface area (Å²) in [6, 6.07) is 0.847. The van der Waals surface area contributed by atoms with Gasteiger partial charge in [-0.15, -0.1) is 0 Å². The Labute approximate surface area is 115 Å². The molecule has 1 fully saturated rings. The predicted octanol–water partition coefficient (Wildman–Crippen LogP) is 5.30. The molecule has 1 heteroatoms. The molecule has 2 unspecified atom stereocenters. The first kappa shape index (κ1) is 16.0. The highest BCUT2D eigenvalue weighted by atomic mass is 14.9. The van der Waals surface area contributed by atoms with Crippen molar-refractivity contribution in [1.29, 1.82) is 0 Å². The number of hydrogen-bond acceptors (Lipinski definition) is 1. The lowest BCUT2D eigenvalue weighted by molar-refractivity contribution is 0.439. The van der Waals surface area contributed by atoms with E-state index in [2.05, 4.69) is 19.2 Å². The molecule has 1 saturated carbocycles. The third-order valence-electron chi connectivity index (χ3n) is 4.44. The summed E-state index contributed by atoms with van der Waals surface area (Å²) in [5.41, 5.74) is 0. The van der Waals surface area contributed by atoms with Crippen LogP contribution in [0.3, 0.4) is 0 Å². The first-order valence-corrected chi connectivity index (χ1v) is 8.60. The van der Waals surface area contributed by atoms with Crippen molar-refractivity contribution in [3.63, 3.8) is 0 Å². The first-order valence-electron chi connectivity index (χ1n) is 8.60. The minimum atomic E-state index is 0.847. The summed E-state index contributed by atoms with van der Waals surface area (Å²) in [6.45, 7) is 5.77. The van der Waals surface area contributed by atoms with E-state index in [0.29, 0.717) is 0 Å². The Morgan fingerprint density at radius 1 is 0.833 bits per heavy atom. The van der Waals surface area contributed by atoms with Gasteiger partial charge in [0.2, 0.25) is 0 Å². The number of rotatable bonds is 11. The maximum atomic E-state index is 3.69. The summed E-state index contributed by atoms with van der Waals surface area (Å²) in [5.74, 6) is 1.04. The van der Waals surface area contributed by atoms with Crippen LogP contribution in [0.2, 0.25) is 0 Å². The van der Waals surface area contributed by atoms with Gasteiger partial charge in [-0.2, -0.15) is 0 Å². The van der Waals surface area contributed by atoms with Crippen LogP contribution in [0.5, 0.6) is 0 Å². The van der Waals surface area contributed by atoms with E-state index < -0.39 is 0 Å². The largest absolute Gasteiger partial charge is 0.314 e. The van der Waals surface area contributed by atoms with Gasteiger partial charge < -0.3 is 5.32 Å². The van der Waals surface area contributed by atoms with Crippen molar-refractivity contribution in [1.82, 2.24) is 5.32 Å². The lowest BCUT2D eigenvalue weighted by Gasteiger charge is -2.12. The van der Waals surface area contributed by atoms with Crippen molar-refractivity contribution in [2.45, 2.75) is 96.9 Å². The zero-order valence-corrected chi connectivity index (χ0v) is 12.8. The Morgan fingerprint density at radius 3 is 2.28 bits per heavy atom. The normalized spacial score (nSPS) is 23.7. The summed E-state index contributed by atoms with van der Waals surface area (Å²) in [6.07, 6.45) is 17.3. The van der Waals surface area contributed by atoms with E-state index >= 15 is 0 Å². The van der Waals surface area contributed by atoms with Crippen molar-refractivity contribution in [3.8, 4) is 0 Å². The maximum Gasteiger partial charge on any atom is 0.00698 e. The molecule has 0 heterocycles. The lowest BCUT2D eigenvalue weighted by atomic mass is 9.98. The Balaban J connectivity index is 1.88.